The van der Waals surface area contributed by atoms with Crippen LogP contribution in [0.25, 0.3) is 21.2 Å². The molecule has 1 fully saturated rings. The lowest BCUT2D eigenvalue weighted by Gasteiger charge is -2.42. The summed E-state index contributed by atoms with van der Waals surface area (Å²) in [6.07, 6.45) is -2.10. The minimum absolute atomic E-state index is 0.000380. The number of hydrogen-bond donors (Lipinski definition) is 1. The first kappa shape index (κ1) is 27.4. The molecule has 12 heteroatoms. The second-order valence-corrected chi connectivity index (χ2v) is 11.6. The van der Waals surface area contributed by atoms with Gasteiger partial charge in [0, 0.05) is 30.0 Å². The molecule has 6 rings (SSSR count). The van der Waals surface area contributed by atoms with Crippen molar-refractivity contribution in [3.05, 3.63) is 58.9 Å². The number of alkyl halides is 2. The summed E-state index contributed by atoms with van der Waals surface area (Å²) in [5.41, 5.74) is 7.37. The summed E-state index contributed by atoms with van der Waals surface area (Å²) in [7, 11) is 0. The second kappa shape index (κ2) is 9.96. The fourth-order valence-corrected chi connectivity index (χ4v) is 7.20. The number of halogens is 5. The number of nitrogens with zero attached hydrogens (tertiary/aromatic N) is 4. The van der Waals surface area contributed by atoms with Gasteiger partial charge in [-0.3, -0.25) is 0 Å². The van der Waals surface area contributed by atoms with Crippen LogP contribution < -0.4 is 15.4 Å². The van der Waals surface area contributed by atoms with Crippen molar-refractivity contribution >= 4 is 55.1 Å². The van der Waals surface area contributed by atoms with Crippen molar-refractivity contribution in [1.82, 2.24) is 4.90 Å². The zero-order valence-corrected chi connectivity index (χ0v) is 23.5. The lowest BCUT2D eigenvalue weighted by Crippen LogP contribution is -2.46. The third-order valence-corrected chi connectivity index (χ3v) is 9.42. The van der Waals surface area contributed by atoms with Gasteiger partial charge >= 0.3 is 0 Å². The van der Waals surface area contributed by atoms with Gasteiger partial charge in [0.05, 0.1) is 38.9 Å². The number of anilines is 2. The molecule has 2 unspecified atom stereocenters. The van der Waals surface area contributed by atoms with E-state index in [1.54, 1.807) is 4.90 Å². The molecule has 2 aromatic carbocycles. The van der Waals surface area contributed by atoms with Gasteiger partial charge in [0.1, 0.15) is 34.4 Å². The van der Waals surface area contributed by atoms with E-state index in [2.05, 4.69) is 18.2 Å². The van der Waals surface area contributed by atoms with Crippen LogP contribution in [0.2, 0.25) is 5.02 Å². The maximum atomic E-state index is 16.5. The van der Waals surface area contributed by atoms with E-state index in [1.807, 2.05) is 17.9 Å². The molecule has 1 saturated heterocycles. The summed E-state index contributed by atoms with van der Waals surface area (Å²) in [5, 5.41) is 9.98. The highest BCUT2D eigenvalue weighted by atomic mass is 35.5. The molecule has 212 valence electrons. The highest BCUT2D eigenvalue weighted by molar-refractivity contribution is 7.23. The Hall–Kier alpha value is -3.75. The molecule has 0 radical (unpaired) electrons. The average molecular weight is 602 g/mol. The van der Waals surface area contributed by atoms with Crippen molar-refractivity contribution in [3.8, 4) is 22.9 Å². The predicted molar refractivity (Wildman–Crippen MR) is 154 cm³/mol. The molecule has 1 aromatic heterocycles. The van der Waals surface area contributed by atoms with E-state index in [0.717, 1.165) is 11.3 Å². The predicted octanol–water partition coefficient (Wildman–Crippen LogP) is 7.63. The van der Waals surface area contributed by atoms with Gasteiger partial charge in [0.25, 0.3) is 6.43 Å². The first-order valence-electron chi connectivity index (χ1n) is 13.0. The van der Waals surface area contributed by atoms with Gasteiger partial charge in [0.15, 0.2) is 11.6 Å². The van der Waals surface area contributed by atoms with Crippen LogP contribution in [0.3, 0.4) is 0 Å². The molecular formula is C29H24ClF4N5OS. The maximum absolute atomic E-state index is 16.5. The fourth-order valence-electron chi connectivity index (χ4n) is 5.93. The monoisotopic (exact) mass is 601 g/mol. The van der Waals surface area contributed by atoms with Crippen molar-refractivity contribution in [2.45, 2.75) is 32.3 Å². The van der Waals surface area contributed by atoms with Gasteiger partial charge in [0.2, 0.25) is 0 Å². The topological polar surface area (TPSA) is 77.9 Å². The zero-order chi connectivity index (χ0) is 29.3. The molecule has 4 heterocycles. The summed E-state index contributed by atoms with van der Waals surface area (Å²) in [4.78, 5) is 7.97. The van der Waals surface area contributed by atoms with Crippen LogP contribution in [-0.2, 0) is 0 Å². The molecule has 3 aromatic rings. The van der Waals surface area contributed by atoms with Crippen molar-refractivity contribution < 1.29 is 22.3 Å². The number of aliphatic imine (C=N–C) groups is 1. The summed E-state index contributed by atoms with van der Waals surface area (Å²) in [6, 6.07) is 4.54. The fraction of sp³-hybridized carbons (Fsp3) is 0.310. The van der Waals surface area contributed by atoms with Gasteiger partial charge < -0.3 is 20.3 Å². The summed E-state index contributed by atoms with van der Waals surface area (Å²) in [5.74, 6) is -1.33. The maximum Gasteiger partial charge on any atom is 0.277 e. The first-order valence-corrected chi connectivity index (χ1v) is 14.2. The number of nitrogen functional groups attached to an aromatic ring is 1. The number of hydrogen-bond acceptors (Lipinski definition) is 7. The number of ether oxygens (including phenoxy) is 1. The van der Waals surface area contributed by atoms with Crippen LogP contribution in [0.5, 0.6) is 5.75 Å². The van der Waals surface area contributed by atoms with Crippen molar-refractivity contribution in [1.29, 1.82) is 5.26 Å². The van der Waals surface area contributed by atoms with Gasteiger partial charge in [-0.25, -0.2) is 22.6 Å². The quantitative estimate of drug-likeness (QED) is 0.304. The van der Waals surface area contributed by atoms with Crippen LogP contribution in [0.1, 0.15) is 25.3 Å². The van der Waals surface area contributed by atoms with Crippen molar-refractivity contribution in [2.75, 3.05) is 30.3 Å². The Morgan fingerprint density at radius 3 is 2.78 bits per heavy atom. The highest BCUT2D eigenvalue weighted by Gasteiger charge is 2.43. The van der Waals surface area contributed by atoms with E-state index >= 15 is 4.39 Å². The smallest absolute Gasteiger partial charge is 0.277 e. The lowest BCUT2D eigenvalue weighted by molar-refractivity contribution is 0.123. The largest absolute Gasteiger partial charge is 0.484 e. The number of nitriles is 1. The van der Waals surface area contributed by atoms with E-state index in [9.17, 15) is 18.4 Å². The van der Waals surface area contributed by atoms with E-state index in [4.69, 9.17) is 22.1 Å². The molecule has 2 atom stereocenters. The Balaban J connectivity index is 1.55. The van der Waals surface area contributed by atoms with Crippen LogP contribution in [0, 0.1) is 28.9 Å². The van der Waals surface area contributed by atoms with E-state index in [-0.39, 0.29) is 59.9 Å². The van der Waals surface area contributed by atoms with Gasteiger partial charge in [-0.05, 0) is 24.5 Å². The van der Waals surface area contributed by atoms with E-state index in [1.165, 1.54) is 12.1 Å². The number of nitrogens with two attached hydrogens (primary N) is 1. The minimum atomic E-state index is -2.66. The molecular weight excluding hydrogens is 578 g/mol. The van der Waals surface area contributed by atoms with Crippen LogP contribution in [0.15, 0.2) is 41.7 Å². The molecule has 3 aliphatic heterocycles. The number of rotatable bonds is 5. The van der Waals surface area contributed by atoms with Crippen molar-refractivity contribution in [2.24, 2.45) is 10.9 Å². The highest BCUT2D eigenvalue weighted by Crippen LogP contribution is 2.57. The third kappa shape index (κ3) is 4.07. The number of likely N-dealkylation sites (tertiary alicyclic amines) is 1. The van der Waals surface area contributed by atoms with Crippen LogP contribution in [0.4, 0.5) is 33.9 Å². The second-order valence-electron chi connectivity index (χ2n) is 10.2. The van der Waals surface area contributed by atoms with E-state index in [0.29, 0.717) is 49.6 Å². The van der Waals surface area contributed by atoms with Gasteiger partial charge in [-0.15, -0.1) is 11.3 Å². The molecule has 0 aliphatic carbocycles. The first-order chi connectivity index (χ1) is 19.6. The SMILES string of the molecule is C=C(C(F)F)N1CCC(C2CN3C(=C)C(CC)=Nc4c(F)c(-c5ccc(F)c6sc(N)c(C#N)c56)c(Cl)c(c43)O2)C1. The minimum Gasteiger partial charge on any atom is -0.484 e. The summed E-state index contributed by atoms with van der Waals surface area (Å²) < 4.78 is 64.6. The standard InChI is InChI=1S/C29H24ClF4N5OS/c1-4-18-12(2)39-11-19(14-7-8-38(10-14)13(3)28(33)34)40-26-22(30)21(23(32)24(37-18)25(26)39)15-5-6-17(31)27-20(15)16(9-35)29(36)41-27/h5-6,14,19,28H,2-4,7-8,10-11,36H2,1H3. The molecule has 41 heavy (non-hydrogen) atoms. The Morgan fingerprint density at radius 2 is 2.10 bits per heavy atom. The number of fused-ring (bicyclic) bond motifs is 1. The van der Waals surface area contributed by atoms with Gasteiger partial charge in [-0.1, -0.05) is 37.7 Å². The molecule has 0 saturated carbocycles. The molecule has 0 amide bonds. The van der Waals surface area contributed by atoms with Crippen LogP contribution >= 0.6 is 22.9 Å². The third-order valence-electron chi connectivity index (χ3n) is 8.04. The Labute approximate surface area is 242 Å². The van der Waals surface area contributed by atoms with Gasteiger partial charge in [-0.2, -0.15) is 5.26 Å². The van der Waals surface area contributed by atoms with Crippen molar-refractivity contribution in [3.63, 3.8) is 0 Å². The molecule has 6 nitrogen and oxygen atoms in total. The molecule has 0 bridgehead atoms. The molecule has 0 spiro atoms. The Kier molecular flexibility index (Phi) is 6.66. The lowest BCUT2D eigenvalue weighted by atomic mass is 9.93. The Bertz CT molecular complexity index is 1730. The molecule has 3 aliphatic rings. The summed E-state index contributed by atoms with van der Waals surface area (Å²) in [6.45, 7) is 10.6. The van der Waals surface area contributed by atoms with E-state index < -0.39 is 24.2 Å². The number of thiophene rings is 1. The number of allylic oxidation sites excluding steroid dienone is 2. The Morgan fingerprint density at radius 1 is 1.34 bits per heavy atom. The summed E-state index contributed by atoms with van der Waals surface area (Å²) >= 11 is 7.84. The normalized spacial score (nSPS) is 19.9. The zero-order valence-electron chi connectivity index (χ0n) is 21.9. The average Bonchev–Trinajstić information content (AvgIpc) is 3.58. The van der Waals surface area contributed by atoms with Crippen LogP contribution in [-0.4, -0.2) is 42.8 Å². The molecule has 2 N–H and O–H groups in total. The number of benzene rings is 2.